The molecule has 0 radical (unpaired) electrons. The maximum absolute atomic E-state index is 12.5. The first-order valence-electron chi connectivity index (χ1n) is 7.92. The highest BCUT2D eigenvalue weighted by molar-refractivity contribution is 5.24. The average molecular weight is 297 g/mol. The summed E-state index contributed by atoms with van der Waals surface area (Å²) in [6.45, 7) is 0.667. The third kappa shape index (κ3) is 4.00. The molecule has 2 saturated carbocycles. The zero-order valence-corrected chi connectivity index (χ0v) is 12.1. The molecule has 2 aliphatic carbocycles. The highest BCUT2D eigenvalue weighted by Gasteiger charge is 2.34. The molecule has 3 rings (SSSR count). The standard InChI is InChI=1S/C17H22F3N/c18-17(19,20)15-8-4-12(5-9-15)11-21-16-3-1-2-14(10-16)13-6-7-13/h4-5,8-9,13-14,16,21H,1-3,6-7,10-11H2. The van der Waals surface area contributed by atoms with E-state index in [2.05, 4.69) is 5.32 Å². The van der Waals surface area contributed by atoms with E-state index in [0.29, 0.717) is 12.6 Å². The molecule has 1 N–H and O–H groups in total. The summed E-state index contributed by atoms with van der Waals surface area (Å²) in [5.74, 6) is 1.84. The lowest BCUT2D eigenvalue weighted by molar-refractivity contribution is -0.137. The van der Waals surface area contributed by atoms with Crippen LogP contribution < -0.4 is 5.32 Å². The highest BCUT2D eigenvalue weighted by atomic mass is 19.4. The third-order valence-corrected chi connectivity index (χ3v) is 4.88. The van der Waals surface area contributed by atoms with Crippen molar-refractivity contribution in [1.29, 1.82) is 0 Å². The minimum Gasteiger partial charge on any atom is -0.310 e. The molecular formula is C17H22F3N. The van der Waals surface area contributed by atoms with Gasteiger partial charge in [0, 0.05) is 12.6 Å². The van der Waals surface area contributed by atoms with Gasteiger partial charge in [-0.05, 0) is 55.2 Å². The summed E-state index contributed by atoms with van der Waals surface area (Å²) in [6, 6.07) is 6.04. The second kappa shape index (κ2) is 5.99. The van der Waals surface area contributed by atoms with Crippen molar-refractivity contribution in [3.8, 4) is 0 Å². The summed E-state index contributed by atoms with van der Waals surface area (Å²) < 4.78 is 37.5. The molecule has 0 heterocycles. The lowest BCUT2D eigenvalue weighted by Gasteiger charge is -2.30. The van der Waals surface area contributed by atoms with E-state index < -0.39 is 11.7 Å². The number of hydrogen-bond acceptors (Lipinski definition) is 1. The molecule has 0 bridgehead atoms. The molecule has 0 aliphatic heterocycles. The molecule has 2 fully saturated rings. The topological polar surface area (TPSA) is 12.0 Å². The first-order valence-corrected chi connectivity index (χ1v) is 7.92. The maximum atomic E-state index is 12.5. The van der Waals surface area contributed by atoms with Gasteiger partial charge in [0.15, 0.2) is 0 Å². The minimum absolute atomic E-state index is 0.534. The van der Waals surface area contributed by atoms with E-state index in [9.17, 15) is 13.2 Å². The molecule has 0 saturated heterocycles. The Balaban J connectivity index is 1.50. The fourth-order valence-electron chi connectivity index (χ4n) is 3.48. The van der Waals surface area contributed by atoms with Crippen LogP contribution in [0.5, 0.6) is 0 Å². The van der Waals surface area contributed by atoms with E-state index >= 15 is 0 Å². The van der Waals surface area contributed by atoms with Crippen LogP contribution in [0, 0.1) is 11.8 Å². The van der Waals surface area contributed by atoms with Crippen molar-refractivity contribution in [2.75, 3.05) is 0 Å². The Hall–Kier alpha value is -1.03. The Labute approximate surface area is 123 Å². The van der Waals surface area contributed by atoms with E-state index in [-0.39, 0.29) is 0 Å². The van der Waals surface area contributed by atoms with Gasteiger partial charge in [0.25, 0.3) is 0 Å². The van der Waals surface area contributed by atoms with Gasteiger partial charge in [-0.2, -0.15) is 13.2 Å². The second-order valence-corrected chi connectivity index (χ2v) is 6.54. The molecule has 1 nitrogen and oxygen atoms in total. The smallest absolute Gasteiger partial charge is 0.310 e. The third-order valence-electron chi connectivity index (χ3n) is 4.88. The predicted octanol–water partition coefficient (Wildman–Crippen LogP) is 4.76. The van der Waals surface area contributed by atoms with E-state index in [0.717, 1.165) is 17.4 Å². The van der Waals surface area contributed by atoms with Crippen molar-refractivity contribution < 1.29 is 13.2 Å². The first kappa shape index (κ1) is 14.9. The number of alkyl halides is 3. The SMILES string of the molecule is FC(F)(F)c1ccc(CNC2CCCC(C3CC3)C2)cc1. The summed E-state index contributed by atoms with van der Waals surface area (Å²) in [7, 11) is 0. The van der Waals surface area contributed by atoms with Crippen LogP contribution in [0.4, 0.5) is 13.2 Å². The zero-order valence-electron chi connectivity index (χ0n) is 12.1. The number of nitrogens with one attached hydrogen (secondary N) is 1. The summed E-state index contributed by atoms with van der Waals surface area (Å²) in [5, 5.41) is 3.53. The van der Waals surface area contributed by atoms with Crippen molar-refractivity contribution in [2.24, 2.45) is 11.8 Å². The Morgan fingerprint density at radius 1 is 0.952 bits per heavy atom. The predicted molar refractivity (Wildman–Crippen MR) is 76.8 cm³/mol. The van der Waals surface area contributed by atoms with Crippen molar-refractivity contribution >= 4 is 0 Å². The molecule has 0 amide bonds. The van der Waals surface area contributed by atoms with Gasteiger partial charge in [0.2, 0.25) is 0 Å². The molecular weight excluding hydrogens is 275 g/mol. The van der Waals surface area contributed by atoms with Gasteiger partial charge in [-0.3, -0.25) is 0 Å². The van der Waals surface area contributed by atoms with Crippen LogP contribution in [0.1, 0.15) is 49.7 Å². The maximum Gasteiger partial charge on any atom is 0.416 e. The van der Waals surface area contributed by atoms with Gasteiger partial charge in [-0.1, -0.05) is 25.0 Å². The van der Waals surface area contributed by atoms with Crippen molar-refractivity contribution in [2.45, 2.75) is 57.3 Å². The number of rotatable bonds is 4. The summed E-state index contributed by atoms with van der Waals surface area (Å²) >= 11 is 0. The quantitative estimate of drug-likeness (QED) is 0.844. The van der Waals surface area contributed by atoms with E-state index in [1.165, 1.54) is 50.7 Å². The normalized spacial score (nSPS) is 26.8. The van der Waals surface area contributed by atoms with Crippen LogP contribution in [0.3, 0.4) is 0 Å². The van der Waals surface area contributed by atoms with Crippen molar-refractivity contribution in [3.05, 3.63) is 35.4 Å². The zero-order chi connectivity index (χ0) is 14.9. The monoisotopic (exact) mass is 297 g/mol. The summed E-state index contributed by atoms with van der Waals surface area (Å²) in [4.78, 5) is 0. The Morgan fingerprint density at radius 3 is 2.29 bits per heavy atom. The fourth-order valence-corrected chi connectivity index (χ4v) is 3.48. The van der Waals surface area contributed by atoms with Crippen LogP contribution in [-0.2, 0) is 12.7 Å². The molecule has 2 unspecified atom stereocenters. The number of halogens is 3. The molecule has 21 heavy (non-hydrogen) atoms. The van der Waals surface area contributed by atoms with Gasteiger partial charge in [0.05, 0.1) is 5.56 Å². The van der Waals surface area contributed by atoms with Crippen LogP contribution in [0.2, 0.25) is 0 Å². The molecule has 0 spiro atoms. The number of hydrogen-bond donors (Lipinski definition) is 1. The molecule has 2 aliphatic rings. The molecule has 4 heteroatoms. The first-order chi connectivity index (χ1) is 10.0. The fraction of sp³-hybridized carbons (Fsp3) is 0.647. The Morgan fingerprint density at radius 2 is 1.67 bits per heavy atom. The van der Waals surface area contributed by atoms with Crippen molar-refractivity contribution in [1.82, 2.24) is 5.32 Å². The van der Waals surface area contributed by atoms with Gasteiger partial charge < -0.3 is 5.32 Å². The van der Waals surface area contributed by atoms with Crippen LogP contribution in [0.15, 0.2) is 24.3 Å². The van der Waals surface area contributed by atoms with Crippen LogP contribution >= 0.6 is 0 Å². The Kier molecular flexibility index (Phi) is 4.25. The molecule has 1 aromatic carbocycles. The largest absolute Gasteiger partial charge is 0.416 e. The lowest BCUT2D eigenvalue weighted by Crippen LogP contribution is -2.34. The lowest BCUT2D eigenvalue weighted by atomic mass is 9.82. The molecule has 2 atom stereocenters. The van der Waals surface area contributed by atoms with Crippen molar-refractivity contribution in [3.63, 3.8) is 0 Å². The van der Waals surface area contributed by atoms with E-state index in [1.807, 2.05) is 0 Å². The summed E-state index contributed by atoms with van der Waals surface area (Å²) in [5.41, 5.74) is 0.356. The van der Waals surface area contributed by atoms with Gasteiger partial charge in [0.1, 0.15) is 0 Å². The molecule has 1 aromatic rings. The molecule has 116 valence electrons. The van der Waals surface area contributed by atoms with Crippen LogP contribution in [0.25, 0.3) is 0 Å². The van der Waals surface area contributed by atoms with E-state index in [4.69, 9.17) is 0 Å². The Bertz CT molecular complexity index is 462. The summed E-state index contributed by atoms with van der Waals surface area (Å²) in [6.07, 6.45) is 3.64. The van der Waals surface area contributed by atoms with Crippen LogP contribution in [-0.4, -0.2) is 6.04 Å². The average Bonchev–Trinajstić information content (AvgIpc) is 3.30. The highest BCUT2D eigenvalue weighted by Crippen LogP contribution is 2.43. The number of benzene rings is 1. The van der Waals surface area contributed by atoms with Gasteiger partial charge in [-0.15, -0.1) is 0 Å². The minimum atomic E-state index is -4.24. The van der Waals surface area contributed by atoms with Gasteiger partial charge in [-0.25, -0.2) is 0 Å². The second-order valence-electron chi connectivity index (χ2n) is 6.54. The van der Waals surface area contributed by atoms with Gasteiger partial charge >= 0.3 is 6.18 Å². The molecule has 0 aromatic heterocycles. The van der Waals surface area contributed by atoms with E-state index in [1.54, 1.807) is 12.1 Å².